The van der Waals surface area contributed by atoms with Crippen LogP contribution in [0.15, 0.2) is 22.8 Å². The zero-order valence-electron chi connectivity index (χ0n) is 10.2. The molecule has 0 aromatic carbocycles. The van der Waals surface area contributed by atoms with E-state index >= 15 is 0 Å². The van der Waals surface area contributed by atoms with Crippen molar-refractivity contribution in [2.45, 2.75) is 25.3 Å². The number of thiophene rings is 1. The van der Waals surface area contributed by atoms with Gasteiger partial charge in [-0.05, 0) is 18.9 Å². The van der Waals surface area contributed by atoms with Crippen molar-refractivity contribution in [3.05, 3.63) is 23.3 Å². The van der Waals surface area contributed by atoms with Crippen LogP contribution in [-0.2, 0) is 4.79 Å². The van der Waals surface area contributed by atoms with Crippen LogP contribution in [0, 0.1) is 0 Å². The third-order valence-electron chi connectivity index (χ3n) is 3.40. The minimum Gasteiger partial charge on any atom is -0.481 e. The van der Waals surface area contributed by atoms with E-state index in [0.717, 1.165) is 17.5 Å². The second-order valence-corrected chi connectivity index (χ2v) is 5.74. The number of likely N-dealkylation sites (tertiary alicyclic amines) is 1. The Morgan fingerprint density at radius 1 is 1.53 bits per heavy atom. The van der Waals surface area contributed by atoms with E-state index in [1.54, 1.807) is 17.2 Å². The van der Waals surface area contributed by atoms with Gasteiger partial charge < -0.3 is 14.4 Å². The molecule has 1 aliphatic heterocycles. The molecule has 2 aromatic rings. The normalized spacial score (nSPS) is 19.2. The summed E-state index contributed by atoms with van der Waals surface area (Å²) in [4.78, 5) is 25.5. The van der Waals surface area contributed by atoms with E-state index in [-0.39, 0.29) is 18.4 Å². The van der Waals surface area contributed by atoms with Gasteiger partial charge in [0.15, 0.2) is 0 Å². The quantitative estimate of drug-likeness (QED) is 0.937. The molecule has 1 saturated heterocycles. The lowest BCUT2D eigenvalue weighted by Crippen LogP contribution is -2.36. The number of nitrogens with zero attached hydrogens (tertiary/aromatic N) is 1. The summed E-state index contributed by atoms with van der Waals surface area (Å²) in [5, 5.41) is 8.87. The highest BCUT2D eigenvalue weighted by molar-refractivity contribution is 7.20. The Morgan fingerprint density at radius 3 is 3.11 bits per heavy atom. The average molecular weight is 279 g/mol. The number of rotatable bonds is 3. The van der Waals surface area contributed by atoms with E-state index in [0.29, 0.717) is 17.0 Å². The van der Waals surface area contributed by atoms with Crippen LogP contribution in [0.3, 0.4) is 0 Å². The molecule has 3 rings (SSSR count). The highest BCUT2D eigenvalue weighted by atomic mass is 32.1. The molecule has 19 heavy (non-hydrogen) atoms. The molecule has 1 fully saturated rings. The van der Waals surface area contributed by atoms with E-state index in [1.165, 1.54) is 11.3 Å². The van der Waals surface area contributed by atoms with Gasteiger partial charge in [-0.25, -0.2) is 0 Å². The van der Waals surface area contributed by atoms with Crippen LogP contribution in [0.25, 0.3) is 10.3 Å². The predicted octanol–water partition coefficient (Wildman–Crippen LogP) is 2.57. The maximum atomic E-state index is 12.4. The number of hydrogen-bond donors (Lipinski definition) is 1. The highest BCUT2D eigenvalue weighted by Crippen LogP contribution is 2.30. The number of carbonyl (C=O) groups is 2. The van der Waals surface area contributed by atoms with Crippen LogP contribution in [0.2, 0.25) is 0 Å². The van der Waals surface area contributed by atoms with Gasteiger partial charge in [0.2, 0.25) is 0 Å². The molecule has 1 aliphatic rings. The summed E-state index contributed by atoms with van der Waals surface area (Å²) in [5.41, 5.74) is 0.710. The Labute approximate surface area is 113 Å². The lowest BCUT2D eigenvalue weighted by atomic mass is 10.1. The lowest BCUT2D eigenvalue weighted by molar-refractivity contribution is -0.137. The molecule has 0 bridgehead atoms. The van der Waals surface area contributed by atoms with Crippen LogP contribution in [0.5, 0.6) is 0 Å². The standard InChI is InChI=1S/C13H13NO4S/c15-12(16)6-8-2-1-4-14(8)13(17)11-7-9-10(19-11)3-5-18-9/h3,5,7-8H,1-2,4,6H2,(H,15,16). The molecule has 0 saturated carbocycles. The molecule has 1 amide bonds. The lowest BCUT2D eigenvalue weighted by Gasteiger charge is -2.22. The van der Waals surface area contributed by atoms with E-state index in [1.807, 2.05) is 6.07 Å². The number of hydrogen-bond acceptors (Lipinski definition) is 4. The van der Waals surface area contributed by atoms with Crippen molar-refractivity contribution in [3.63, 3.8) is 0 Å². The summed E-state index contributed by atoms with van der Waals surface area (Å²) in [6.45, 7) is 0.635. The fraction of sp³-hybridized carbons (Fsp3) is 0.385. The van der Waals surface area contributed by atoms with Crippen LogP contribution >= 0.6 is 11.3 Å². The maximum absolute atomic E-state index is 12.4. The van der Waals surface area contributed by atoms with Crippen molar-refractivity contribution in [3.8, 4) is 0 Å². The SMILES string of the molecule is O=C(O)CC1CCCN1C(=O)c1cc2occc2s1. The van der Waals surface area contributed by atoms with Gasteiger partial charge in [-0.2, -0.15) is 0 Å². The molecule has 2 aromatic heterocycles. The zero-order valence-corrected chi connectivity index (χ0v) is 11.0. The first-order valence-corrected chi connectivity index (χ1v) is 6.96. The summed E-state index contributed by atoms with van der Waals surface area (Å²) in [6.07, 6.45) is 3.25. The minimum atomic E-state index is -0.857. The summed E-state index contributed by atoms with van der Waals surface area (Å²) in [7, 11) is 0. The third kappa shape index (κ3) is 2.23. The number of furan rings is 1. The molecule has 0 aliphatic carbocycles. The first kappa shape index (κ1) is 12.2. The van der Waals surface area contributed by atoms with Crippen molar-refractivity contribution >= 4 is 33.5 Å². The first-order valence-electron chi connectivity index (χ1n) is 6.15. The molecule has 1 N–H and O–H groups in total. The fourth-order valence-electron chi connectivity index (χ4n) is 2.53. The monoisotopic (exact) mass is 279 g/mol. The molecular weight excluding hydrogens is 266 g/mol. The van der Waals surface area contributed by atoms with E-state index in [4.69, 9.17) is 9.52 Å². The Kier molecular flexibility index (Phi) is 3.02. The van der Waals surface area contributed by atoms with Gasteiger partial charge in [0, 0.05) is 18.7 Å². The van der Waals surface area contributed by atoms with Crippen molar-refractivity contribution in [1.82, 2.24) is 4.90 Å². The first-order chi connectivity index (χ1) is 9.15. The second kappa shape index (κ2) is 4.70. The van der Waals surface area contributed by atoms with E-state index in [9.17, 15) is 9.59 Å². The highest BCUT2D eigenvalue weighted by Gasteiger charge is 2.31. The summed E-state index contributed by atoms with van der Waals surface area (Å²) in [6, 6.07) is 3.38. The van der Waals surface area contributed by atoms with Gasteiger partial charge in [0.25, 0.3) is 5.91 Å². The van der Waals surface area contributed by atoms with Gasteiger partial charge >= 0.3 is 5.97 Å². The largest absolute Gasteiger partial charge is 0.481 e. The Balaban J connectivity index is 1.82. The van der Waals surface area contributed by atoms with Gasteiger partial charge in [-0.1, -0.05) is 0 Å². The van der Waals surface area contributed by atoms with Crippen LogP contribution in [0.4, 0.5) is 0 Å². The summed E-state index contributed by atoms with van der Waals surface area (Å²) >= 11 is 1.39. The predicted molar refractivity (Wildman–Crippen MR) is 70.4 cm³/mol. The molecule has 100 valence electrons. The van der Waals surface area contributed by atoms with Gasteiger partial charge in [0.05, 0.1) is 22.3 Å². The van der Waals surface area contributed by atoms with E-state index < -0.39 is 5.97 Å². The van der Waals surface area contributed by atoms with E-state index in [2.05, 4.69) is 0 Å². The Bertz CT molecular complexity index is 601. The molecule has 0 radical (unpaired) electrons. The van der Waals surface area contributed by atoms with Crippen LogP contribution < -0.4 is 0 Å². The number of fused-ring (bicyclic) bond motifs is 1. The van der Waals surface area contributed by atoms with Gasteiger partial charge in [-0.15, -0.1) is 11.3 Å². The van der Waals surface area contributed by atoms with Gasteiger partial charge in [-0.3, -0.25) is 9.59 Å². The average Bonchev–Trinajstić information content (AvgIpc) is 2.99. The maximum Gasteiger partial charge on any atom is 0.305 e. The number of aliphatic carboxylic acids is 1. The molecule has 0 spiro atoms. The number of carboxylic acid groups (broad SMARTS) is 1. The second-order valence-electron chi connectivity index (χ2n) is 4.65. The molecule has 1 atom stereocenters. The minimum absolute atomic E-state index is 0.0211. The van der Waals surface area contributed by atoms with Crippen LogP contribution in [-0.4, -0.2) is 34.5 Å². The summed E-state index contributed by atoms with van der Waals surface area (Å²) < 4.78 is 6.19. The number of amides is 1. The van der Waals surface area contributed by atoms with Crippen molar-refractivity contribution in [2.75, 3.05) is 6.54 Å². The number of carbonyl (C=O) groups excluding carboxylic acids is 1. The molecule has 1 unspecified atom stereocenters. The molecular formula is C13H13NO4S. The fourth-order valence-corrected chi connectivity index (χ4v) is 3.47. The zero-order chi connectivity index (χ0) is 13.4. The topological polar surface area (TPSA) is 70.8 Å². The smallest absolute Gasteiger partial charge is 0.305 e. The van der Waals surface area contributed by atoms with Crippen molar-refractivity contribution in [1.29, 1.82) is 0 Å². The molecule has 5 nitrogen and oxygen atoms in total. The Morgan fingerprint density at radius 2 is 2.37 bits per heavy atom. The van der Waals surface area contributed by atoms with Crippen molar-refractivity contribution < 1.29 is 19.1 Å². The molecule has 6 heteroatoms. The van der Waals surface area contributed by atoms with Crippen LogP contribution in [0.1, 0.15) is 28.9 Å². The molecule has 3 heterocycles. The van der Waals surface area contributed by atoms with Crippen molar-refractivity contribution in [2.24, 2.45) is 0 Å². The third-order valence-corrected chi connectivity index (χ3v) is 4.47. The van der Waals surface area contributed by atoms with Gasteiger partial charge in [0.1, 0.15) is 5.58 Å². The Hall–Kier alpha value is -1.82. The number of carboxylic acids is 1. The summed E-state index contributed by atoms with van der Waals surface area (Å²) in [5.74, 6) is -0.940.